The number of hydrogen-bond acceptors (Lipinski definition) is 3. The van der Waals surface area contributed by atoms with Crippen molar-refractivity contribution in [3.63, 3.8) is 0 Å². The third-order valence-corrected chi connectivity index (χ3v) is 5.68. The number of halogens is 1. The molecule has 0 heterocycles. The molecule has 0 aliphatic heterocycles. The lowest BCUT2D eigenvalue weighted by molar-refractivity contribution is 0.102. The van der Waals surface area contributed by atoms with Gasteiger partial charge in [0.2, 0.25) is 0 Å². The van der Waals surface area contributed by atoms with E-state index in [1.165, 1.54) is 49.8 Å². The molecule has 7 heteroatoms. The predicted octanol–water partition coefficient (Wildman–Crippen LogP) is 5.74. The summed E-state index contributed by atoms with van der Waals surface area (Å²) >= 11 is 6.00. The van der Waals surface area contributed by atoms with Crippen LogP contribution in [0.2, 0.25) is 5.02 Å². The van der Waals surface area contributed by atoms with Gasteiger partial charge < -0.3 is 5.32 Å². The Labute approximate surface area is 171 Å². The van der Waals surface area contributed by atoms with Crippen LogP contribution in [-0.2, 0) is 16.5 Å². The SMILES string of the molecule is CCCCCCCCc1ccc(C(=O)Nc2ccc(S(=O)(=O)O)cc2Cl)cc1. The Balaban J connectivity index is 1.91. The average molecular weight is 424 g/mol. The highest BCUT2D eigenvalue weighted by Crippen LogP contribution is 2.25. The third-order valence-electron chi connectivity index (χ3n) is 4.52. The first-order chi connectivity index (χ1) is 13.3. The molecule has 2 rings (SSSR count). The maximum atomic E-state index is 12.4. The van der Waals surface area contributed by atoms with Gasteiger partial charge in [0.25, 0.3) is 16.0 Å². The van der Waals surface area contributed by atoms with E-state index in [9.17, 15) is 13.2 Å². The number of carbonyl (C=O) groups excluding carboxylic acids is 1. The number of anilines is 1. The van der Waals surface area contributed by atoms with Crippen molar-refractivity contribution in [1.82, 2.24) is 0 Å². The van der Waals surface area contributed by atoms with E-state index in [1.54, 1.807) is 12.1 Å². The van der Waals surface area contributed by atoms with E-state index >= 15 is 0 Å². The van der Waals surface area contributed by atoms with Crippen LogP contribution < -0.4 is 5.32 Å². The molecular formula is C21H26ClNO4S. The van der Waals surface area contributed by atoms with E-state index in [4.69, 9.17) is 16.2 Å². The minimum Gasteiger partial charge on any atom is -0.321 e. The number of hydrogen-bond donors (Lipinski definition) is 2. The number of carbonyl (C=O) groups is 1. The third kappa shape index (κ3) is 6.93. The van der Waals surface area contributed by atoms with Gasteiger partial charge in [0.1, 0.15) is 0 Å². The minimum absolute atomic E-state index is 0.0307. The molecule has 28 heavy (non-hydrogen) atoms. The van der Waals surface area contributed by atoms with E-state index in [0.717, 1.165) is 18.9 Å². The normalized spacial score (nSPS) is 11.4. The molecule has 0 fully saturated rings. The first kappa shape index (κ1) is 22.4. The van der Waals surface area contributed by atoms with Gasteiger partial charge in [-0.1, -0.05) is 62.8 Å². The summed E-state index contributed by atoms with van der Waals surface area (Å²) in [5, 5.41) is 2.68. The molecule has 0 saturated carbocycles. The zero-order chi connectivity index (χ0) is 20.6. The zero-order valence-electron chi connectivity index (χ0n) is 15.9. The first-order valence-electron chi connectivity index (χ1n) is 9.48. The summed E-state index contributed by atoms with van der Waals surface area (Å²) in [4.78, 5) is 12.1. The second kappa shape index (κ2) is 10.6. The molecule has 2 aromatic carbocycles. The summed E-state index contributed by atoms with van der Waals surface area (Å²) in [6.07, 6.45) is 8.48. The van der Waals surface area contributed by atoms with E-state index < -0.39 is 10.1 Å². The second-order valence-corrected chi connectivity index (χ2v) is 8.61. The highest BCUT2D eigenvalue weighted by Gasteiger charge is 2.14. The number of nitrogens with one attached hydrogen (secondary N) is 1. The number of aryl methyl sites for hydroxylation is 1. The Hall–Kier alpha value is -1.89. The molecule has 0 radical (unpaired) electrons. The van der Waals surface area contributed by atoms with Crippen LogP contribution in [0.4, 0.5) is 5.69 Å². The minimum atomic E-state index is -4.34. The van der Waals surface area contributed by atoms with Gasteiger partial charge in [-0.2, -0.15) is 8.42 Å². The molecule has 0 aromatic heterocycles. The van der Waals surface area contributed by atoms with Crippen molar-refractivity contribution >= 4 is 33.3 Å². The maximum Gasteiger partial charge on any atom is 0.294 e. The van der Waals surface area contributed by atoms with Crippen molar-refractivity contribution in [2.24, 2.45) is 0 Å². The first-order valence-corrected chi connectivity index (χ1v) is 11.3. The standard InChI is InChI=1S/C21H26ClNO4S/c1-2-3-4-5-6-7-8-16-9-11-17(12-10-16)21(24)23-20-14-13-18(15-19(20)22)28(25,26)27/h9-15H,2-8H2,1H3,(H,23,24)(H,25,26,27). The van der Waals surface area contributed by atoms with Gasteiger partial charge in [0, 0.05) is 5.56 Å². The van der Waals surface area contributed by atoms with Crippen molar-refractivity contribution in [1.29, 1.82) is 0 Å². The van der Waals surface area contributed by atoms with Crippen molar-refractivity contribution in [2.75, 3.05) is 5.32 Å². The Kier molecular flexibility index (Phi) is 8.48. The highest BCUT2D eigenvalue weighted by molar-refractivity contribution is 7.85. The highest BCUT2D eigenvalue weighted by atomic mass is 35.5. The number of unbranched alkanes of at least 4 members (excludes halogenated alkanes) is 5. The molecule has 0 bridgehead atoms. The van der Waals surface area contributed by atoms with Crippen LogP contribution in [0.15, 0.2) is 47.4 Å². The monoisotopic (exact) mass is 423 g/mol. The van der Waals surface area contributed by atoms with Crippen molar-refractivity contribution in [2.45, 2.75) is 56.8 Å². The lowest BCUT2D eigenvalue weighted by atomic mass is 10.0. The Morgan fingerprint density at radius 3 is 2.25 bits per heavy atom. The van der Waals surface area contributed by atoms with E-state index in [1.807, 2.05) is 12.1 Å². The van der Waals surface area contributed by atoms with Crippen LogP contribution >= 0.6 is 11.6 Å². The molecule has 1 amide bonds. The molecule has 0 aliphatic rings. The smallest absolute Gasteiger partial charge is 0.294 e. The fourth-order valence-electron chi connectivity index (χ4n) is 2.88. The van der Waals surface area contributed by atoms with Crippen molar-refractivity contribution < 1.29 is 17.8 Å². The maximum absolute atomic E-state index is 12.4. The van der Waals surface area contributed by atoms with E-state index in [0.29, 0.717) is 5.56 Å². The van der Waals surface area contributed by atoms with Crippen LogP contribution in [-0.4, -0.2) is 18.9 Å². The fourth-order valence-corrected chi connectivity index (χ4v) is 3.68. The van der Waals surface area contributed by atoms with Gasteiger partial charge in [-0.3, -0.25) is 9.35 Å². The molecule has 0 unspecified atom stereocenters. The summed E-state index contributed by atoms with van der Waals surface area (Å²) in [5.41, 5.74) is 1.96. The van der Waals surface area contributed by atoms with E-state index in [2.05, 4.69) is 12.2 Å². The lowest BCUT2D eigenvalue weighted by Gasteiger charge is -2.09. The van der Waals surface area contributed by atoms with Gasteiger partial charge >= 0.3 is 0 Å². The molecule has 2 N–H and O–H groups in total. The largest absolute Gasteiger partial charge is 0.321 e. The molecule has 0 aliphatic carbocycles. The summed E-state index contributed by atoms with van der Waals surface area (Å²) < 4.78 is 31.3. The van der Waals surface area contributed by atoms with Gasteiger partial charge in [0.05, 0.1) is 15.6 Å². The number of rotatable bonds is 10. The molecule has 2 aromatic rings. The van der Waals surface area contributed by atoms with Gasteiger partial charge in [0.15, 0.2) is 0 Å². The van der Waals surface area contributed by atoms with Crippen molar-refractivity contribution in [3.8, 4) is 0 Å². The van der Waals surface area contributed by atoms with Crippen LogP contribution in [0.25, 0.3) is 0 Å². The van der Waals surface area contributed by atoms with Gasteiger partial charge in [-0.25, -0.2) is 0 Å². The molecule has 0 saturated heterocycles. The zero-order valence-corrected chi connectivity index (χ0v) is 17.5. The van der Waals surface area contributed by atoms with Crippen molar-refractivity contribution in [3.05, 3.63) is 58.6 Å². The molecule has 0 atom stereocenters. The average Bonchev–Trinajstić information content (AvgIpc) is 2.65. The molecule has 0 spiro atoms. The van der Waals surface area contributed by atoms with Crippen LogP contribution in [0.1, 0.15) is 61.4 Å². The molecular weight excluding hydrogens is 398 g/mol. The van der Waals surface area contributed by atoms with Gasteiger partial charge in [-0.15, -0.1) is 0 Å². The summed E-state index contributed by atoms with van der Waals surface area (Å²) in [7, 11) is -4.34. The topological polar surface area (TPSA) is 83.5 Å². The predicted molar refractivity (Wildman–Crippen MR) is 113 cm³/mol. The van der Waals surface area contributed by atoms with E-state index in [-0.39, 0.29) is 21.5 Å². The summed E-state index contributed by atoms with van der Waals surface area (Å²) in [6.45, 7) is 2.21. The van der Waals surface area contributed by atoms with Crippen LogP contribution in [0.3, 0.4) is 0 Å². The van der Waals surface area contributed by atoms with Crippen LogP contribution in [0, 0.1) is 0 Å². The Bertz CT molecular complexity index is 895. The number of benzene rings is 2. The Morgan fingerprint density at radius 1 is 1.00 bits per heavy atom. The van der Waals surface area contributed by atoms with Crippen LogP contribution in [0.5, 0.6) is 0 Å². The Morgan fingerprint density at radius 2 is 1.64 bits per heavy atom. The second-order valence-electron chi connectivity index (χ2n) is 6.79. The molecule has 5 nitrogen and oxygen atoms in total. The van der Waals surface area contributed by atoms with Gasteiger partial charge in [-0.05, 0) is 48.7 Å². The molecule has 152 valence electrons. The fraction of sp³-hybridized carbons (Fsp3) is 0.381. The quantitative estimate of drug-likeness (QED) is 0.377. The summed E-state index contributed by atoms with van der Waals surface area (Å²) in [6, 6.07) is 11.0. The summed E-state index contributed by atoms with van der Waals surface area (Å²) in [5.74, 6) is -0.340. The number of amides is 1. The lowest BCUT2D eigenvalue weighted by Crippen LogP contribution is -2.12.